The molecule has 0 spiro atoms. The van der Waals surface area contributed by atoms with Crippen LogP contribution in [0.1, 0.15) is 40.7 Å². The summed E-state index contributed by atoms with van der Waals surface area (Å²) in [6.45, 7) is 5.30. The maximum atomic E-state index is 12.3. The highest BCUT2D eigenvalue weighted by Crippen LogP contribution is 2.46. The van der Waals surface area contributed by atoms with E-state index in [-0.39, 0.29) is 5.91 Å². The van der Waals surface area contributed by atoms with Crippen LogP contribution in [-0.4, -0.2) is 19.1 Å². The first-order valence-electron chi connectivity index (χ1n) is 8.25. The van der Waals surface area contributed by atoms with Gasteiger partial charge in [0.25, 0.3) is 5.91 Å². The molecule has 3 heteroatoms. The van der Waals surface area contributed by atoms with E-state index in [2.05, 4.69) is 29.6 Å². The van der Waals surface area contributed by atoms with E-state index < -0.39 is 0 Å². The number of rotatable bonds is 6. The fourth-order valence-electron chi connectivity index (χ4n) is 3.02. The quantitative estimate of drug-likeness (QED) is 0.878. The summed E-state index contributed by atoms with van der Waals surface area (Å²) < 4.78 is 5.51. The molecule has 1 amide bonds. The van der Waals surface area contributed by atoms with Crippen LogP contribution >= 0.6 is 0 Å². The molecule has 0 aliphatic heterocycles. The molecule has 0 aromatic heterocycles. The maximum absolute atomic E-state index is 12.3. The van der Waals surface area contributed by atoms with Crippen LogP contribution in [0.4, 0.5) is 0 Å². The van der Waals surface area contributed by atoms with Gasteiger partial charge in [0.05, 0.1) is 6.61 Å². The van der Waals surface area contributed by atoms with Gasteiger partial charge in [0.2, 0.25) is 0 Å². The van der Waals surface area contributed by atoms with Crippen molar-refractivity contribution in [1.29, 1.82) is 0 Å². The standard InChI is InChI=1S/C20H23NO2/c1-3-23-19-10-9-16(11-14(19)2)20(22)21-13-17-12-18(17)15-7-5-4-6-8-15/h4-11,17-18H,3,12-13H2,1-2H3,(H,21,22). The monoisotopic (exact) mass is 309 g/mol. The van der Waals surface area contributed by atoms with Crippen LogP contribution < -0.4 is 10.1 Å². The van der Waals surface area contributed by atoms with Crippen LogP contribution in [0.25, 0.3) is 0 Å². The Kier molecular flexibility index (Phi) is 4.65. The first-order chi connectivity index (χ1) is 11.2. The predicted octanol–water partition coefficient (Wildman–Crippen LogP) is 3.93. The summed E-state index contributed by atoms with van der Waals surface area (Å²) in [4.78, 5) is 12.3. The van der Waals surface area contributed by atoms with Gasteiger partial charge in [-0.2, -0.15) is 0 Å². The molecule has 0 bridgehead atoms. The van der Waals surface area contributed by atoms with E-state index in [1.54, 1.807) is 0 Å². The van der Waals surface area contributed by atoms with E-state index in [0.717, 1.165) is 24.3 Å². The molecule has 1 aliphatic carbocycles. The van der Waals surface area contributed by atoms with Crippen molar-refractivity contribution >= 4 is 5.91 Å². The Morgan fingerprint density at radius 3 is 2.70 bits per heavy atom. The topological polar surface area (TPSA) is 38.3 Å². The number of benzene rings is 2. The predicted molar refractivity (Wildman–Crippen MR) is 92.0 cm³/mol. The zero-order valence-corrected chi connectivity index (χ0v) is 13.7. The van der Waals surface area contributed by atoms with Crippen molar-refractivity contribution in [3.8, 4) is 5.75 Å². The number of amides is 1. The summed E-state index contributed by atoms with van der Waals surface area (Å²) in [5, 5.41) is 3.06. The van der Waals surface area contributed by atoms with Gasteiger partial charge in [-0.15, -0.1) is 0 Å². The molecule has 2 unspecified atom stereocenters. The minimum Gasteiger partial charge on any atom is -0.494 e. The fraction of sp³-hybridized carbons (Fsp3) is 0.350. The lowest BCUT2D eigenvalue weighted by Crippen LogP contribution is -2.26. The van der Waals surface area contributed by atoms with Crippen LogP contribution in [0, 0.1) is 12.8 Å². The van der Waals surface area contributed by atoms with E-state index in [1.165, 1.54) is 5.56 Å². The molecule has 2 aromatic rings. The number of ether oxygens (including phenoxy) is 1. The molecule has 23 heavy (non-hydrogen) atoms. The number of hydrogen-bond donors (Lipinski definition) is 1. The van der Waals surface area contributed by atoms with Crippen molar-refractivity contribution in [1.82, 2.24) is 5.32 Å². The SMILES string of the molecule is CCOc1ccc(C(=O)NCC2CC2c2ccccc2)cc1C. The van der Waals surface area contributed by atoms with Crippen molar-refractivity contribution in [2.24, 2.45) is 5.92 Å². The molecule has 0 radical (unpaired) electrons. The lowest BCUT2D eigenvalue weighted by molar-refractivity contribution is 0.0951. The zero-order chi connectivity index (χ0) is 16.2. The van der Waals surface area contributed by atoms with Crippen LogP contribution in [0.15, 0.2) is 48.5 Å². The van der Waals surface area contributed by atoms with Crippen LogP contribution in [0.2, 0.25) is 0 Å². The second-order valence-corrected chi connectivity index (χ2v) is 6.14. The Hall–Kier alpha value is -2.29. The highest BCUT2D eigenvalue weighted by atomic mass is 16.5. The van der Waals surface area contributed by atoms with Gasteiger partial charge in [0, 0.05) is 12.1 Å². The smallest absolute Gasteiger partial charge is 0.251 e. The molecule has 120 valence electrons. The van der Waals surface area contributed by atoms with Gasteiger partial charge in [0.1, 0.15) is 5.75 Å². The third-order valence-corrected chi connectivity index (χ3v) is 4.41. The highest BCUT2D eigenvalue weighted by Gasteiger charge is 2.38. The van der Waals surface area contributed by atoms with Crippen LogP contribution in [0.5, 0.6) is 5.75 Å². The lowest BCUT2D eigenvalue weighted by Gasteiger charge is -2.09. The average molecular weight is 309 g/mol. The number of carbonyl (C=O) groups excluding carboxylic acids is 1. The molecule has 2 aromatic carbocycles. The molecule has 3 nitrogen and oxygen atoms in total. The molecular weight excluding hydrogens is 286 g/mol. The zero-order valence-electron chi connectivity index (χ0n) is 13.7. The van der Waals surface area contributed by atoms with Crippen molar-refractivity contribution in [3.63, 3.8) is 0 Å². The molecule has 2 atom stereocenters. The van der Waals surface area contributed by atoms with Gasteiger partial charge in [-0.1, -0.05) is 30.3 Å². The lowest BCUT2D eigenvalue weighted by atomic mass is 10.1. The number of aryl methyl sites for hydroxylation is 1. The Bertz CT molecular complexity index is 681. The number of nitrogens with one attached hydrogen (secondary N) is 1. The Morgan fingerprint density at radius 2 is 2.00 bits per heavy atom. The largest absolute Gasteiger partial charge is 0.494 e. The minimum atomic E-state index is -0.00476. The average Bonchev–Trinajstić information content (AvgIpc) is 3.35. The minimum absolute atomic E-state index is 0.00476. The van der Waals surface area contributed by atoms with E-state index in [1.807, 2.05) is 38.1 Å². The summed E-state index contributed by atoms with van der Waals surface area (Å²) in [6, 6.07) is 16.1. The van der Waals surface area contributed by atoms with Crippen molar-refractivity contribution < 1.29 is 9.53 Å². The third-order valence-electron chi connectivity index (χ3n) is 4.41. The molecule has 0 heterocycles. The van der Waals surface area contributed by atoms with Crippen LogP contribution in [0.3, 0.4) is 0 Å². The number of hydrogen-bond acceptors (Lipinski definition) is 2. The first-order valence-corrected chi connectivity index (χ1v) is 8.25. The fourth-order valence-corrected chi connectivity index (χ4v) is 3.02. The Balaban J connectivity index is 1.53. The molecule has 3 rings (SSSR count). The maximum Gasteiger partial charge on any atom is 0.251 e. The third kappa shape index (κ3) is 3.73. The summed E-state index contributed by atoms with van der Waals surface area (Å²) in [6.07, 6.45) is 1.16. The van der Waals surface area contributed by atoms with E-state index >= 15 is 0 Å². The second-order valence-electron chi connectivity index (χ2n) is 6.14. The summed E-state index contributed by atoms with van der Waals surface area (Å²) in [5.41, 5.74) is 3.07. The van der Waals surface area contributed by atoms with Gasteiger partial charge in [0.15, 0.2) is 0 Å². The van der Waals surface area contributed by atoms with E-state index in [9.17, 15) is 4.79 Å². The van der Waals surface area contributed by atoms with Crippen molar-refractivity contribution in [2.45, 2.75) is 26.2 Å². The van der Waals surface area contributed by atoms with Crippen molar-refractivity contribution in [3.05, 3.63) is 65.2 Å². The summed E-state index contributed by atoms with van der Waals surface area (Å²) >= 11 is 0. The normalized spacial score (nSPS) is 19.2. The van der Waals surface area contributed by atoms with Crippen molar-refractivity contribution in [2.75, 3.05) is 13.2 Å². The Morgan fingerprint density at radius 1 is 1.22 bits per heavy atom. The van der Waals surface area contributed by atoms with E-state index in [4.69, 9.17) is 4.74 Å². The highest BCUT2D eigenvalue weighted by molar-refractivity contribution is 5.94. The first kappa shape index (κ1) is 15.6. The summed E-state index contributed by atoms with van der Waals surface area (Å²) in [5.74, 6) is 1.99. The van der Waals surface area contributed by atoms with Gasteiger partial charge in [-0.25, -0.2) is 0 Å². The van der Waals surface area contributed by atoms with Gasteiger partial charge >= 0.3 is 0 Å². The van der Waals surface area contributed by atoms with E-state index in [0.29, 0.717) is 24.0 Å². The molecule has 0 saturated heterocycles. The molecule has 1 N–H and O–H groups in total. The second kappa shape index (κ2) is 6.86. The van der Waals surface area contributed by atoms with Gasteiger partial charge in [-0.05, 0) is 61.4 Å². The van der Waals surface area contributed by atoms with Gasteiger partial charge < -0.3 is 10.1 Å². The summed E-state index contributed by atoms with van der Waals surface area (Å²) in [7, 11) is 0. The molecular formula is C20H23NO2. The number of carbonyl (C=O) groups is 1. The Labute approximate surface area is 137 Å². The van der Waals surface area contributed by atoms with Crippen LogP contribution in [-0.2, 0) is 0 Å². The molecule has 1 fully saturated rings. The molecule has 1 aliphatic rings. The van der Waals surface area contributed by atoms with Gasteiger partial charge in [-0.3, -0.25) is 4.79 Å². The molecule has 1 saturated carbocycles.